The van der Waals surface area contributed by atoms with E-state index >= 15 is 8.78 Å². The number of nitrogens with zero attached hydrogens (tertiary/aromatic N) is 3. The van der Waals surface area contributed by atoms with Crippen LogP contribution in [0.3, 0.4) is 0 Å². The molecule has 2 aliphatic heterocycles. The van der Waals surface area contributed by atoms with E-state index in [-0.39, 0.29) is 11.2 Å². The lowest BCUT2D eigenvalue weighted by Gasteiger charge is -2.52. The van der Waals surface area contributed by atoms with Crippen LogP contribution in [0.15, 0.2) is 60.9 Å². The van der Waals surface area contributed by atoms with Crippen LogP contribution >= 0.6 is 0 Å². The topological polar surface area (TPSA) is 28.6 Å². The highest BCUT2D eigenvalue weighted by Gasteiger charge is 2.44. The van der Waals surface area contributed by atoms with E-state index in [1.165, 1.54) is 12.1 Å². The molecular formula is C26H23F2N3O. The molecule has 0 saturated carbocycles. The van der Waals surface area contributed by atoms with Gasteiger partial charge in [-0.2, -0.15) is 0 Å². The number of para-hydroxylation sites is 1. The smallest absolute Gasteiger partial charge is 0.150 e. The molecule has 5 rings (SSSR count). The van der Waals surface area contributed by atoms with Crippen LogP contribution in [-0.4, -0.2) is 36.8 Å². The summed E-state index contributed by atoms with van der Waals surface area (Å²) in [5.41, 5.74) is 1.95. The number of fused-ring (bicyclic) bond motifs is 2. The number of hydrogen-bond donors (Lipinski definition) is 0. The van der Waals surface area contributed by atoms with Gasteiger partial charge in [0.05, 0.1) is 18.8 Å². The van der Waals surface area contributed by atoms with Gasteiger partial charge in [-0.25, -0.2) is 8.78 Å². The van der Waals surface area contributed by atoms with Gasteiger partial charge in [0.2, 0.25) is 0 Å². The van der Waals surface area contributed by atoms with Gasteiger partial charge in [0.25, 0.3) is 0 Å². The summed E-state index contributed by atoms with van der Waals surface area (Å²) in [4.78, 5) is 7.95. The third kappa shape index (κ3) is 3.59. The van der Waals surface area contributed by atoms with Crippen molar-refractivity contribution >= 4 is 5.69 Å². The lowest BCUT2D eigenvalue weighted by atomic mass is 9.79. The number of pyridine rings is 1. The van der Waals surface area contributed by atoms with Crippen LogP contribution < -0.4 is 9.64 Å². The van der Waals surface area contributed by atoms with Crippen LogP contribution in [0, 0.1) is 23.5 Å². The molecule has 2 aliphatic rings. The molecule has 4 nitrogen and oxygen atoms in total. The Bertz CT molecular complexity index is 1180. The lowest BCUT2D eigenvalue weighted by Crippen LogP contribution is -2.57. The van der Waals surface area contributed by atoms with Gasteiger partial charge in [-0.05, 0) is 43.8 Å². The van der Waals surface area contributed by atoms with Crippen molar-refractivity contribution in [3.05, 3.63) is 89.2 Å². The largest absolute Gasteiger partial charge is 0.493 e. The Labute approximate surface area is 186 Å². The molecule has 1 spiro atoms. The SMILES string of the molecule is CN1CN(c2c(F)cc(C#Cc3cccnc3)cc2F)CC[C@@]12CCOc1ccccc12. The molecule has 1 atom stereocenters. The summed E-state index contributed by atoms with van der Waals surface area (Å²) < 4.78 is 35.9. The Hall–Kier alpha value is -3.43. The zero-order valence-electron chi connectivity index (χ0n) is 17.8. The summed E-state index contributed by atoms with van der Waals surface area (Å²) in [5, 5.41) is 0. The third-order valence-corrected chi connectivity index (χ3v) is 6.42. The van der Waals surface area contributed by atoms with Crippen molar-refractivity contribution in [3.8, 4) is 17.6 Å². The highest BCUT2D eigenvalue weighted by molar-refractivity contribution is 5.55. The summed E-state index contributed by atoms with van der Waals surface area (Å²) in [6, 6.07) is 14.2. The van der Waals surface area contributed by atoms with Gasteiger partial charge in [0, 0.05) is 42.0 Å². The van der Waals surface area contributed by atoms with Crippen molar-refractivity contribution in [2.75, 3.05) is 31.8 Å². The highest BCUT2D eigenvalue weighted by Crippen LogP contribution is 2.45. The number of aromatic nitrogens is 1. The van der Waals surface area contributed by atoms with E-state index in [1.54, 1.807) is 29.4 Å². The predicted molar refractivity (Wildman–Crippen MR) is 119 cm³/mol. The zero-order chi connectivity index (χ0) is 22.1. The first-order chi connectivity index (χ1) is 15.6. The van der Waals surface area contributed by atoms with E-state index in [0.29, 0.717) is 30.9 Å². The number of halogens is 2. The second kappa shape index (κ2) is 8.25. The Balaban J connectivity index is 1.40. The van der Waals surface area contributed by atoms with Crippen molar-refractivity contribution < 1.29 is 13.5 Å². The number of hydrogen-bond acceptors (Lipinski definition) is 4. The molecule has 0 bridgehead atoms. The Morgan fingerprint density at radius 1 is 1.00 bits per heavy atom. The minimum atomic E-state index is -0.600. The van der Waals surface area contributed by atoms with Crippen molar-refractivity contribution in [1.82, 2.24) is 9.88 Å². The van der Waals surface area contributed by atoms with Crippen LogP contribution in [-0.2, 0) is 5.54 Å². The van der Waals surface area contributed by atoms with Gasteiger partial charge in [-0.15, -0.1) is 0 Å². The minimum absolute atomic E-state index is 0.000952. The molecule has 0 aliphatic carbocycles. The Kier molecular flexibility index (Phi) is 5.28. The maximum atomic E-state index is 15.0. The zero-order valence-corrected chi connectivity index (χ0v) is 17.8. The van der Waals surface area contributed by atoms with Crippen LogP contribution in [0.4, 0.5) is 14.5 Å². The second-order valence-corrected chi connectivity index (χ2v) is 8.26. The molecule has 3 aromatic rings. The van der Waals surface area contributed by atoms with Gasteiger partial charge in [0.1, 0.15) is 11.4 Å². The normalized spacial score (nSPS) is 20.3. The van der Waals surface area contributed by atoms with E-state index in [1.807, 2.05) is 25.2 Å². The van der Waals surface area contributed by atoms with Crippen LogP contribution in [0.5, 0.6) is 5.75 Å². The van der Waals surface area contributed by atoms with Gasteiger partial charge >= 0.3 is 0 Å². The molecule has 162 valence electrons. The number of anilines is 1. The van der Waals surface area contributed by atoms with Gasteiger partial charge in [0.15, 0.2) is 11.6 Å². The van der Waals surface area contributed by atoms with Crippen molar-refractivity contribution in [1.29, 1.82) is 0 Å². The maximum absolute atomic E-state index is 15.0. The molecule has 0 unspecified atom stereocenters. The summed E-state index contributed by atoms with van der Waals surface area (Å²) in [5.74, 6) is 5.41. The molecule has 3 heterocycles. The first-order valence-electron chi connectivity index (χ1n) is 10.7. The van der Waals surface area contributed by atoms with E-state index in [0.717, 1.165) is 24.2 Å². The summed E-state index contributed by atoms with van der Waals surface area (Å²) >= 11 is 0. The third-order valence-electron chi connectivity index (χ3n) is 6.42. The van der Waals surface area contributed by atoms with E-state index in [9.17, 15) is 0 Å². The maximum Gasteiger partial charge on any atom is 0.150 e. The first kappa shape index (κ1) is 20.5. The Morgan fingerprint density at radius 2 is 1.78 bits per heavy atom. The Morgan fingerprint density at radius 3 is 2.53 bits per heavy atom. The molecule has 6 heteroatoms. The fraction of sp³-hybridized carbons (Fsp3) is 0.269. The molecule has 1 aromatic heterocycles. The summed E-state index contributed by atoms with van der Waals surface area (Å²) in [6.07, 6.45) is 4.87. The van der Waals surface area contributed by atoms with Crippen LogP contribution in [0.25, 0.3) is 0 Å². The fourth-order valence-corrected chi connectivity index (χ4v) is 4.77. The molecule has 2 aromatic carbocycles. The molecule has 32 heavy (non-hydrogen) atoms. The van der Waals surface area contributed by atoms with Gasteiger partial charge in [-0.3, -0.25) is 9.88 Å². The fourth-order valence-electron chi connectivity index (χ4n) is 4.77. The van der Waals surface area contributed by atoms with Crippen molar-refractivity contribution in [2.24, 2.45) is 0 Å². The highest BCUT2D eigenvalue weighted by atomic mass is 19.1. The van der Waals surface area contributed by atoms with Crippen LogP contribution in [0.2, 0.25) is 0 Å². The van der Waals surface area contributed by atoms with Gasteiger partial charge < -0.3 is 9.64 Å². The number of rotatable bonds is 1. The molecule has 0 radical (unpaired) electrons. The predicted octanol–water partition coefficient (Wildman–Crippen LogP) is 4.54. The average molecular weight is 431 g/mol. The average Bonchev–Trinajstić information content (AvgIpc) is 2.80. The van der Waals surface area contributed by atoms with Crippen LogP contribution in [0.1, 0.15) is 29.5 Å². The number of ether oxygens (including phenoxy) is 1. The summed E-state index contributed by atoms with van der Waals surface area (Å²) in [7, 11) is 2.01. The standard InChI is InChI=1S/C26H23F2N3O/c1-30-18-31(13-10-26(30)11-14-32-24-7-3-2-6-21(24)26)25-22(27)15-20(16-23(25)28)9-8-19-5-4-12-29-17-19/h2-7,12,15-17H,10-11,13-14,18H2,1H3/t26-/m0/s1. The number of benzene rings is 2. The molecule has 0 N–H and O–H groups in total. The quantitative estimate of drug-likeness (QED) is 0.529. The lowest BCUT2D eigenvalue weighted by molar-refractivity contribution is 0.0379. The monoisotopic (exact) mass is 431 g/mol. The van der Waals surface area contributed by atoms with E-state index in [2.05, 4.69) is 27.8 Å². The molecule has 1 saturated heterocycles. The molecule has 0 amide bonds. The van der Waals surface area contributed by atoms with E-state index < -0.39 is 11.6 Å². The van der Waals surface area contributed by atoms with Crippen molar-refractivity contribution in [3.63, 3.8) is 0 Å². The first-order valence-corrected chi connectivity index (χ1v) is 10.7. The summed E-state index contributed by atoms with van der Waals surface area (Å²) in [6.45, 7) is 1.60. The minimum Gasteiger partial charge on any atom is -0.493 e. The second-order valence-electron chi connectivity index (χ2n) is 8.26. The van der Waals surface area contributed by atoms with Gasteiger partial charge in [-0.1, -0.05) is 30.0 Å². The van der Waals surface area contributed by atoms with Crippen molar-refractivity contribution in [2.45, 2.75) is 18.4 Å². The molecule has 1 fully saturated rings. The van der Waals surface area contributed by atoms with E-state index in [4.69, 9.17) is 4.74 Å². The molecular weight excluding hydrogens is 408 g/mol.